The Kier molecular flexibility index (Phi) is 2.65. The van der Waals surface area contributed by atoms with Gasteiger partial charge in [0.1, 0.15) is 0 Å². The molecule has 0 amide bonds. The van der Waals surface area contributed by atoms with Crippen molar-refractivity contribution in [1.82, 2.24) is 5.32 Å². The van der Waals surface area contributed by atoms with Crippen LogP contribution in [0, 0.1) is 5.92 Å². The molecule has 3 rings (SSSR count). The summed E-state index contributed by atoms with van der Waals surface area (Å²) in [5, 5.41) is 5.97. The third-order valence-electron chi connectivity index (χ3n) is 3.80. The van der Waals surface area contributed by atoms with Crippen LogP contribution in [0.5, 0.6) is 0 Å². The van der Waals surface area contributed by atoms with Crippen LogP contribution in [0.4, 0.5) is 0 Å². The van der Waals surface area contributed by atoms with Gasteiger partial charge in [-0.2, -0.15) is 0 Å². The Bertz CT molecular complexity index is 350. The van der Waals surface area contributed by atoms with Gasteiger partial charge in [0.25, 0.3) is 0 Å². The largest absolute Gasteiger partial charge is 0.311 e. The third-order valence-corrected chi connectivity index (χ3v) is 5.73. The van der Waals surface area contributed by atoms with Crippen molar-refractivity contribution in [2.24, 2.45) is 5.92 Å². The molecule has 15 heavy (non-hydrogen) atoms. The fourth-order valence-corrected chi connectivity index (χ4v) is 4.46. The van der Waals surface area contributed by atoms with Crippen LogP contribution in [-0.4, -0.2) is 12.1 Å². The molecule has 0 spiro atoms. The zero-order valence-corrected chi connectivity index (χ0v) is 11.2. The van der Waals surface area contributed by atoms with Crippen LogP contribution in [0.2, 0.25) is 0 Å². The van der Waals surface area contributed by atoms with Crippen LogP contribution in [0.1, 0.15) is 30.6 Å². The van der Waals surface area contributed by atoms with Gasteiger partial charge in [-0.15, -0.1) is 11.3 Å². The number of halogens is 1. The molecule has 2 fully saturated rings. The van der Waals surface area contributed by atoms with Crippen molar-refractivity contribution >= 4 is 27.3 Å². The third kappa shape index (κ3) is 1.90. The van der Waals surface area contributed by atoms with E-state index in [9.17, 15) is 0 Å². The van der Waals surface area contributed by atoms with Crippen molar-refractivity contribution in [3.05, 3.63) is 20.8 Å². The van der Waals surface area contributed by atoms with Crippen molar-refractivity contribution in [2.75, 3.05) is 6.54 Å². The quantitative estimate of drug-likeness (QED) is 0.895. The molecule has 2 aliphatic rings. The second-order valence-electron chi connectivity index (χ2n) is 4.83. The molecular weight excluding hydrogens is 270 g/mol. The van der Waals surface area contributed by atoms with E-state index in [1.165, 1.54) is 48.0 Å². The van der Waals surface area contributed by atoms with E-state index >= 15 is 0 Å². The molecule has 3 heteroatoms. The topological polar surface area (TPSA) is 12.0 Å². The molecule has 1 saturated carbocycles. The molecule has 1 aliphatic heterocycles. The molecule has 1 nitrogen and oxygen atoms in total. The monoisotopic (exact) mass is 285 g/mol. The van der Waals surface area contributed by atoms with Crippen molar-refractivity contribution in [3.63, 3.8) is 0 Å². The first-order valence-electron chi connectivity index (χ1n) is 5.77. The number of rotatable bonds is 3. The molecule has 1 saturated heterocycles. The van der Waals surface area contributed by atoms with Gasteiger partial charge in [-0.05, 0) is 65.5 Å². The van der Waals surface area contributed by atoms with E-state index < -0.39 is 0 Å². The van der Waals surface area contributed by atoms with Gasteiger partial charge in [-0.3, -0.25) is 0 Å². The second-order valence-corrected chi connectivity index (χ2v) is 6.68. The van der Waals surface area contributed by atoms with Crippen LogP contribution in [0.3, 0.4) is 0 Å². The summed E-state index contributed by atoms with van der Waals surface area (Å²) in [7, 11) is 0. The summed E-state index contributed by atoms with van der Waals surface area (Å²) < 4.78 is 1.31. The lowest BCUT2D eigenvalue weighted by molar-refractivity contribution is 0.325. The Balaban J connectivity index is 1.82. The predicted octanol–water partition coefficient (Wildman–Crippen LogP) is 3.59. The van der Waals surface area contributed by atoms with Gasteiger partial charge in [-0.1, -0.05) is 0 Å². The van der Waals surface area contributed by atoms with Crippen LogP contribution in [0.25, 0.3) is 0 Å². The van der Waals surface area contributed by atoms with Gasteiger partial charge in [0.15, 0.2) is 0 Å². The maximum absolute atomic E-state index is 3.78. The Morgan fingerprint density at radius 2 is 2.40 bits per heavy atom. The van der Waals surface area contributed by atoms with Crippen LogP contribution >= 0.6 is 27.3 Å². The lowest BCUT2D eigenvalue weighted by Crippen LogP contribution is -2.44. The van der Waals surface area contributed by atoms with Crippen molar-refractivity contribution in [3.8, 4) is 0 Å². The van der Waals surface area contributed by atoms with E-state index in [4.69, 9.17) is 0 Å². The van der Waals surface area contributed by atoms with E-state index in [1.54, 1.807) is 0 Å². The summed E-state index contributed by atoms with van der Waals surface area (Å²) in [4.78, 5) is 1.52. The number of hydrogen-bond donors (Lipinski definition) is 1. The average Bonchev–Trinajstić information content (AvgIpc) is 2.88. The highest BCUT2D eigenvalue weighted by Gasteiger charge is 2.46. The highest BCUT2D eigenvalue weighted by molar-refractivity contribution is 9.10. The first-order valence-corrected chi connectivity index (χ1v) is 7.44. The number of hydrogen-bond acceptors (Lipinski definition) is 2. The van der Waals surface area contributed by atoms with E-state index in [2.05, 4.69) is 32.7 Å². The van der Waals surface area contributed by atoms with E-state index in [0.29, 0.717) is 5.54 Å². The van der Waals surface area contributed by atoms with Gasteiger partial charge >= 0.3 is 0 Å². The minimum absolute atomic E-state index is 0.452. The molecule has 82 valence electrons. The van der Waals surface area contributed by atoms with Crippen molar-refractivity contribution in [2.45, 2.75) is 37.6 Å². The van der Waals surface area contributed by atoms with Crippen molar-refractivity contribution in [1.29, 1.82) is 0 Å². The Morgan fingerprint density at radius 1 is 1.53 bits per heavy atom. The van der Waals surface area contributed by atoms with E-state index in [0.717, 1.165) is 5.92 Å². The second kappa shape index (κ2) is 3.86. The minimum Gasteiger partial charge on any atom is -0.311 e. The molecule has 0 aromatic carbocycles. The normalized spacial score (nSPS) is 31.0. The molecule has 0 radical (unpaired) electrons. The highest BCUT2D eigenvalue weighted by atomic mass is 79.9. The van der Waals surface area contributed by atoms with Gasteiger partial charge < -0.3 is 5.32 Å². The van der Waals surface area contributed by atoms with Crippen LogP contribution < -0.4 is 5.32 Å². The van der Waals surface area contributed by atoms with Crippen LogP contribution in [-0.2, 0) is 6.42 Å². The zero-order valence-electron chi connectivity index (χ0n) is 8.76. The fourth-order valence-electron chi connectivity index (χ4n) is 2.85. The summed E-state index contributed by atoms with van der Waals surface area (Å²) in [5.41, 5.74) is 0.452. The molecular formula is C12H16BrNS. The number of thiophene rings is 1. The van der Waals surface area contributed by atoms with Gasteiger partial charge in [0.2, 0.25) is 0 Å². The van der Waals surface area contributed by atoms with Crippen LogP contribution in [0.15, 0.2) is 15.9 Å². The summed E-state index contributed by atoms with van der Waals surface area (Å²) in [5.74, 6) is 0.953. The Labute approximate surface area is 103 Å². The molecule has 1 aromatic heterocycles. The fraction of sp³-hybridized carbons (Fsp3) is 0.667. The maximum atomic E-state index is 3.78. The highest BCUT2D eigenvalue weighted by Crippen LogP contribution is 2.46. The molecule has 1 N–H and O–H groups in total. The SMILES string of the molecule is Brc1ccsc1CC1(C2CC2)CCCN1. The molecule has 0 bridgehead atoms. The Hall–Kier alpha value is 0.140. The average molecular weight is 286 g/mol. The predicted molar refractivity (Wildman–Crippen MR) is 68.4 cm³/mol. The first-order chi connectivity index (χ1) is 7.30. The van der Waals surface area contributed by atoms with E-state index in [-0.39, 0.29) is 0 Å². The van der Waals surface area contributed by atoms with Gasteiger partial charge in [-0.25, -0.2) is 0 Å². The zero-order chi connectivity index (χ0) is 10.3. The van der Waals surface area contributed by atoms with E-state index in [1.807, 2.05) is 11.3 Å². The summed E-state index contributed by atoms with van der Waals surface area (Å²) in [6, 6.07) is 2.18. The summed E-state index contributed by atoms with van der Waals surface area (Å²) in [6.45, 7) is 1.22. The van der Waals surface area contributed by atoms with Gasteiger partial charge in [0.05, 0.1) is 0 Å². The van der Waals surface area contributed by atoms with Crippen molar-refractivity contribution < 1.29 is 0 Å². The summed E-state index contributed by atoms with van der Waals surface area (Å²) in [6.07, 6.45) is 6.85. The molecule has 1 atom stereocenters. The van der Waals surface area contributed by atoms with Gasteiger partial charge in [0, 0.05) is 21.3 Å². The Morgan fingerprint density at radius 3 is 2.93 bits per heavy atom. The molecule has 1 aliphatic carbocycles. The summed E-state index contributed by atoms with van der Waals surface area (Å²) >= 11 is 5.54. The maximum Gasteiger partial charge on any atom is 0.0315 e. The molecule has 1 aromatic rings. The molecule has 2 heterocycles. The number of nitrogens with one attached hydrogen (secondary N) is 1. The standard InChI is InChI=1S/C12H16BrNS/c13-10-4-7-15-11(10)8-12(9-2-3-9)5-1-6-14-12/h4,7,9,14H,1-3,5-6,8H2. The minimum atomic E-state index is 0.452. The lowest BCUT2D eigenvalue weighted by Gasteiger charge is -2.29. The first kappa shape index (κ1) is 10.3. The smallest absolute Gasteiger partial charge is 0.0315 e. The molecule has 1 unspecified atom stereocenters. The lowest BCUT2D eigenvalue weighted by atomic mass is 9.87.